The van der Waals surface area contributed by atoms with Gasteiger partial charge in [0.25, 0.3) is 5.91 Å². The van der Waals surface area contributed by atoms with Crippen LogP contribution < -0.4 is 10.5 Å². The summed E-state index contributed by atoms with van der Waals surface area (Å²) in [6.45, 7) is 5.85. The van der Waals surface area contributed by atoms with E-state index in [1.165, 1.54) is 0 Å². The lowest BCUT2D eigenvalue weighted by Gasteiger charge is -2.09. The molecule has 0 radical (unpaired) electrons. The average molecular weight is 277 g/mol. The summed E-state index contributed by atoms with van der Waals surface area (Å²) in [5.74, 6) is -0.431. The second-order valence-electron chi connectivity index (χ2n) is 4.33. The fourth-order valence-electron chi connectivity index (χ4n) is 1.47. The minimum Gasteiger partial charge on any atom is -0.493 e. The van der Waals surface area contributed by atoms with Crippen LogP contribution in [0.2, 0.25) is 0 Å². The first-order chi connectivity index (χ1) is 9.52. The molecule has 5 nitrogen and oxygen atoms in total. The predicted octanol–water partition coefficient (Wildman–Crippen LogP) is 2.06. The fraction of sp³-hybridized carbons (Fsp3) is 0.333. The van der Waals surface area contributed by atoms with E-state index in [9.17, 15) is 9.59 Å². The van der Waals surface area contributed by atoms with Gasteiger partial charge in [0.1, 0.15) is 5.75 Å². The number of hydrogen-bond donors (Lipinski definition) is 1. The van der Waals surface area contributed by atoms with E-state index in [1.54, 1.807) is 31.2 Å². The topological polar surface area (TPSA) is 78.6 Å². The van der Waals surface area contributed by atoms with Gasteiger partial charge in [-0.15, -0.1) is 0 Å². The largest absolute Gasteiger partial charge is 0.493 e. The molecule has 0 atom stereocenters. The van der Waals surface area contributed by atoms with E-state index in [1.807, 2.05) is 0 Å². The lowest BCUT2D eigenvalue weighted by molar-refractivity contribution is -0.139. The summed E-state index contributed by atoms with van der Waals surface area (Å²) in [5, 5.41) is 0. The van der Waals surface area contributed by atoms with Gasteiger partial charge in [0.2, 0.25) is 0 Å². The molecular weight excluding hydrogens is 258 g/mol. The molecule has 0 spiro atoms. The van der Waals surface area contributed by atoms with Crippen molar-refractivity contribution in [3.05, 3.63) is 42.0 Å². The maximum Gasteiger partial charge on any atom is 0.333 e. The Balaban J connectivity index is 2.27. The van der Waals surface area contributed by atoms with Crippen molar-refractivity contribution >= 4 is 11.9 Å². The van der Waals surface area contributed by atoms with Crippen LogP contribution in [0.4, 0.5) is 0 Å². The maximum absolute atomic E-state index is 11.2. The van der Waals surface area contributed by atoms with Crippen molar-refractivity contribution in [2.24, 2.45) is 5.73 Å². The van der Waals surface area contributed by atoms with E-state index in [2.05, 4.69) is 6.58 Å². The smallest absolute Gasteiger partial charge is 0.333 e. The number of carbonyl (C=O) groups is 2. The first-order valence-corrected chi connectivity index (χ1v) is 6.36. The number of primary amides is 1. The molecule has 0 saturated heterocycles. The van der Waals surface area contributed by atoms with Gasteiger partial charge >= 0.3 is 5.97 Å². The quantitative estimate of drug-likeness (QED) is 0.448. The molecule has 0 saturated carbocycles. The molecule has 0 aliphatic carbocycles. The Morgan fingerprint density at radius 2 is 1.85 bits per heavy atom. The molecule has 1 rings (SSSR count). The zero-order valence-electron chi connectivity index (χ0n) is 11.6. The van der Waals surface area contributed by atoms with Crippen molar-refractivity contribution in [1.29, 1.82) is 0 Å². The summed E-state index contributed by atoms with van der Waals surface area (Å²) in [5.41, 5.74) is 5.99. The van der Waals surface area contributed by atoms with Crippen LogP contribution in [0.5, 0.6) is 5.75 Å². The van der Waals surface area contributed by atoms with Crippen molar-refractivity contribution in [3.63, 3.8) is 0 Å². The van der Waals surface area contributed by atoms with Crippen LogP contribution in [-0.4, -0.2) is 25.1 Å². The van der Waals surface area contributed by atoms with Crippen molar-refractivity contribution in [3.8, 4) is 5.75 Å². The second-order valence-corrected chi connectivity index (χ2v) is 4.33. The van der Waals surface area contributed by atoms with Gasteiger partial charge < -0.3 is 15.2 Å². The van der Waals surface area contributed by atoms with Gasteiger partial charge in [-0.3, -0.25) is 4.79 Å². The number of amides is 1. The number of carbonyl (C=O) groups excluding carboxylic acids is 2. The summed E-state index contributed by atoms with van der Waals surface area (Å²) in [7, 11) is 0. The Kier molecular flexibility index (Phi) is 6.29. The summed E-state index contributed by atoms with van der Waals surface area (Å²) in [6, 6.07) is 6.81. The highest BCUT2D eigenvalue weighted by Crippen LogP contribution is 2.17. The van der Waals surface area contributed by atoms with Crippen molar-refractivity contribution in [2.75, 3.05) is 13.2 Å². The average Bonchev–Trinajstić information content (AvgIpc) is 2.42. The Bertz CT molecular complexity index is 496. The van der Waals surface area contributed by atoms with Gasteiger partial charge in [0.05, 0.1) is 18.8 Å². The minimum atomic E-state index is -0.518. The van der Waals surface area contributed by atoms with Gasteiger partial charge in [-0.2, -0.15) is 0 Å². The lowest BCUT2D eigenvalue weighted by Crippen LogP contribution is -2.13. The van der Waals surface area contributed by atoms with E-state index in [-0.39, 0.29) is 5.97 Å². The zero-order valence-corrected chi connectivity index (χ0v) is 11.6. The van der Waals surface area contributed by atoms with Crippen molar-refractivity contribution in [2.45, 2.75) is 19.8 Å². The van der Waals surface area contributed by atoms with Gasteiger partial charge in [-0.1, -0.05) is 18.7 Å². The molecule has 108 valence electrons. The monoisotopic (exact) mass is 277 g/mol. The van der Waals surface area contributed by atoms with Gasteiger partial charge in [0, 0.05) is 5.57 Å². The second kappa shape index (κ2) is 7.99. The molecule has 20 heavy (non-hydrogen) atoms. The number of benzene rings is 1. The third-order valence-corrected chi connectivity index (χ3v) is 2.53. The molecule has 0 unspecified atom stereocenters. The number of rotatable bonds is 8. The highest BCUT2D eigenvalue weighted by atomic mass is 16.5. The number of para-hydroxylation sites is 1. The van der Waals surface area contributed by atoms with Crippen LogP contribution in [0, 0.1) is 0 Å². The van der Waals surface area contributed by atoms with Gasteiger partial charge in [-0.25, -0.2) is 4.79 Å². The normalized spacial score (nSPS) is 9.85. The van der Waals surface area contributed by atoms with Crippen LogP contribution >= 0.6 is 0 Å². The molecule has 0 heterocycles. The predicted molar refractivity (Wildman–Crippen MR) is 75.5 cm³/mol. The number of unbranched alkanes of at least 4 members (excludes halogenated alkanes) is 1. The summed E-state index contributed by atoms with van der Waals surface area (Å²) < 4.78 is 10.4. The summed E-state index contributed by atoms with van der Waals surface area (Å²) in [6.07, 6.45) is 1.38. The number of ether oxygens (including phenoxy) is 2. The summed E-state index contributed by atoms with van der Waals surface area (Å²) in [4.78, 5) is 22.3. The van der Waals surface area contributed by atoms with E-state index < -0.39 is 5.91 Å². The Hall–Kier alpha value is -2.30. The van der Waals surface area contributed by atoms with Crippen LogP contribution in [-0.2, 0) is 9.53 Å². The van der Waals surface area contributed by atoms with E-state index >= 15 is 0 Å². The standard InChI is InChI=1S/C15H19NO4/c1-11(2)15(18)20-10-6-5-9-19-13-8-4-3-7-12(13)14(16)17/h3-4,7-8H,1,5-6,9-10H2,2H3,(H2,16,17). The minimum absolute atomic E-state index is 0.326. The molecule has 0 aliphatic rings. The molecule has 0 aliphatic heterocycles. The highest BCUT2D eigenvalue weighted by molar-refractivity contribution is 5.95. The molecule has 0 aromatic heterocycles. The van der Waals surface area contributed by atoms with E-state index in [0.29, 0.717) is 42.9 Å². The first kappa shape index (κ1) is 15.8. The fourth-order valence-corrected chi connectivity index (χ4v) is 1.47. The third-order valence-electron chi connectivity index (χ3n) is 2.53. The Morgan fingerprint density at radius 3 is 2.50 bits per heavy atom. The van der Waals surface area contributed by atoms with Crippen molar-refractivity contribution in [1.82, 2.24) is 0 Å². The number of hydrogen-bond acceptors (Lipinski definition) is 4. The van der Waals surface area contributed by atoms with E-state index in [0.717, 1.165) is 0 Å². The van der Waals surface area contributed by atoms with Gasteiger partial charge in [0.15, 0.2) is 0 Å². The number of nitrogens with two attached hydrogens (primary N) is 1. The third kappa shape index (κ3) is 5.14. The zero-order chi connectivity index (χ0) is 15.0. The molecule has 5 heteroatoms. The molecule has 1 amide bonds. The molecule has 2 N–H and O–H groups in total. The lowest BCUT2D eigenvalue weighted by atomic mass is 10.2. The first-order valence-electron chi connectivity index (χ1n) is 6.36. The van der Waals surface area contributed by atoms with Crippen LogP contribution in [0.1, 0.15) is 30.1 Å². The van der Waals surface area contributed by atoms with Crippen molar-refractivity contribution < 1.29 is 19.1 Å². The number of esters is 1. The molecular formula is C15H19NO4. The Labute approximate surface area is 118 Å². The maximum atomic E-state index is 11.2. The molecule has 1 aromatic carbocycles. The van der Waals surface area contributed by atoms with E-state index in [4.69, 9.17) is 15.2 Å². The van der Waals surface area contributed by atoms with Crippen LogP contribution in [0.25, 0.3) is 0 Å². The molecule has 0 bridgehead atoms. The SMILES string of the molecule is C=C(C)C(=O)OCCCCOc1ccccc1C(N)=O. The molecule has 0 fully saturated rings. The Morgan fingerprint density at radius 1 is 1.20 bits per heavy atom. The van der Waals surface area contributed by atoms with Gasteiger partial charge in [-0.05, 0) is 31.9 Å². The highest BCUT2D eigenvalue weighted by Gasteiger charge is 2.08. The summed E-state index contributed by atoms with van der Waals surface area (Å²) >= 11 is 0. The molecule has 1 aromatic rings. The van der Waals surface area contributed by atoms with Crippen LogP contribution in [0.3, 0.4) is 0 Å². The van der Waals surface area contributed by atoms with Crippen LogP contribution in [0.15, 0.2) is 36.4 Å².